The van der Waals surface area contributed by atoms with E-state index in [1.807, 2.05) is 0 Å². The zero-order valence-corrected chi connectivity index (χ0v) is 58.3. The number of hydrogen-bond acceptors (Lipinski definition) is 14. The van der Waals surface area contributed by atoms with Gasteiger partial charge in [0.2, 0.25) is 59.1 Å². The number of aliphatic carboxylic acids is 1. The van der Waals surface area contributed by atoms with Crippen LogP contribution in [0.15, 0.2) is 67.1 Å². The summed E-state index contributed by atoms with van der Waals surface area (Å²) in [6, 6.07) is 0.538. The van der Waals surface area contributed by atoms with Crippen molar-refractivity contribution in [3.05, 3.63) is 83.9 Å². The van der Waals surface area contributed by atoms with Gasteiger partial charge in [0.05, 0.1) is 32.5 Å². The molecule has 0 spiro atoms. The highest BCUT2D eigenvalue weighted by Gasteiger charge is 2.37. The number of nitrogens with two attached hydrogens (primary N) is 1. The van der Waals surface area contributed by atoms with E-state index in [2.05, 4.69) is 91.8 Å². The van der Waals surface area contributed by atoms with Crippen LogP contribution >= 0.6 is 0 Å². The fourth-order valence-electron chi connectivity index (χ4n) is 10.7. The molecular formula is C67H113N18O14+5. The summed E-state index contributed by atoms with van der Waals surface area (Å²) < 4.78 is 0. The molecule has 0 aliphatic carbocycles. The smallest absolute Gasteiger partial charge is 0.326 e. The number of H-pyrrole nitrogens is 1. The van der Waals surface area contributed by atoms with Crippen molar-refractivity contribution < 1.29 is 96.4 Å². The first kappa shape index (κ1) is 84.1. The van der Waals surface area contributed by atoms with Crippen molar-refractivity contribution in [1.82, 2.24) is 63.1 Å². The maximum atomic E-state index is 14.6. The van der Waals surface area contributed by atoms with Gasteiger partial charge in [0.15, 0.2) is 6.04 Å². The maximum Gasteiger partial charge on any atom is 0.326 e. The molecule has 0 saturated carbocycles. The number of amides is 11. The molecule has 3 rings (SSSR count). The number of aromatic hydroxyl groups is 1. The molecule has 550 valence electrons. The standard InChI is InChI=1S/C67H108N18O14/c1-39(2)33-51(63(94)82-52(34-42-17-7-6-8-18-42)65(96)83-53(35-43-23-25-45(86)26-24-43)64(95)80-50(67(98)99)22-12-16-32-71)81-57(88)41(5)76-62(93)54(36-44-37-74-38-75-44)84-66(97)56(40(3)4)85-61(92)48(21-11-15-31-70)78-60(91)49(27-28-55(73)87)79-59(90)47(20-10-14-30-69)77-58(89)46(72)19-9-13-29-68/h6-8,17-18,23-26,37-41,46-54,56,86H,9-16,19-22,27-36,68-72H2,1-5H3,(H2,73,87)(H,74,75)(H,76,93)(H,77,89)(H,78,91)(H,79,90)(H,80,95)(H,81,88)(H,82,94)(H,83,96)(H,84,97)(H,85,92)(H,98,99)/p+5/t41-,46-,47-,48-,49-,50-,51-,52-,53-,54-,56-/m0/s1. The highest BCUT2D eigenvalue weighted by Crippen LogP contribution is 2.16. The molecule has 1 aromatic heterocycles. The first-order valence-electron chi connectivity index (χ1n) is 34.4. The lowest BCUT2D eigenvalue weighted by Crippen LogP contribution is -2.69. The van der Waals surface area contributed by atoms with Crippen molar-refractivity contribution in [2.24, 2.45) is 17.6 Å². The van der Waals surface area contributed by atoms with Gasteiger partial charge >= 0.3 is 5.97 Å². The minimum absolute atomic E-state index is 0.0384. The van der Waals surface area contributed by atoms with E-state index < -0.39 is 143 Å². The van der Waals surface area contributed by atoms with E-state index in [1.165, 1.54) is 43.7 Å². The third-order valence-corrected chi connectivity index (χ3v) is 16.5. The summed E-state index contributed by atoms with van der Waals surface area (Å²) >= 11 is 0. The Morgan fingerprint density at radius 1 is 0.455 bits per heavy atom. The van der Waals surface area contributed by atoms with Crippen LogP contribution in [0.1, 0.15) is 148 Å². The molecule has 0 aliphatic heterocycles. The molecule has 0 fully saturated rings. The first-order valence-corrected chi connectivity index (χ1v) is 34.4. The maximum absolute atomic E-state index is 14.6. The normalized spacial score (nSPS) is 14.6. The fraction of sp³-hybridized carbons (Fsp3) is 0.597. The van der Waals surface area contributed by atoms with Gasteiger partial charge in [-0.3, -0.25) is 52.7 Å². The number of phenols is 1. The van der Waals surface area contributed by atoms with E-state index in [4.69, 9.17) is 5.73 Å². The Balaban J connectivity index is 1.90. The Hall–Kier alpha value is -9.11. The summed E-state index contributed by atoms with van der Waals surface area (Å²) in [6.07, 6.45) is 7.23. The molecule has 32 heteroatoms. The zero-order valence-electron chi connectivity index (χ0n) is 58.3. The second-order valence-corrected chi connectivity index (χ2v) is 25.9. The summed E-state index contributed by atoms with van der Waals surface area (Å²) in [6.45, 7) is 10.5. The van der Waals surface area contributed by atoms with Gasteiger partial charge in [-0.15, -0.1) is 0 Å². The van der Waals surface area contributed by atoms with Crippen LogP contribution in [-0.4, -0.2) is 184 Å². The number of quaternary nitrogens is 5. The Bertz CT molecular complexity index is 3030. The Morgan fingerprint density at radius 2 is 0.859 bits per heavy atom. The Morgan fingerprint density at radius 3 is 1.33 bits per heavy atom. The van der Waals surface area contributed by atoms with Gasteiger partial charge in [0.25, 0.3) is 5.91 Å². The zero-order chi connectivity index (χ0) is 73.6. The number of benzene rings is 2. The molecule has 11 atom stereocenters. The summed E-state index contributed by atoms with van der Waals surface area (Å²) in [5.41, 5.74) is 26.3. The number of unbranched alkanes of at least 4 members (excludes halogenated alkanes) is 4. The number of nitrogens with zero attached hydrogens (tertiary/aromatic N) is 1. The number of imidazole rings is 1. The molecule has 32 nitrogen and oxygen atoms in total. The molecule has 0 aliphatic rings. The lowest BCUT2D eigenvalue weighted by molar-refractivity contribution is -0.406. The molecule has 0 bridgehead atoms. The fourth-order valence-corrected chi connectivity index (χ4v) is 10.7. The predicted molar refractivity (Wildman–Crippen MR) is 363 cm³/mol. The summed E-state index contributed by atoms with van der Waals surface area (Å²) in [4.78, 5) is 174. The number of carboxylic acid groups (broad SMARTS) is 1. The minimum atomic E-state index is -1.43. The van der Waals surface area contributed by atoms with Gasteiger partial charge in [0.1, 0.15) is 66.2 Å². The van der Waals surface area contributed by atoms with Crippen molar-refractivity contribution in [3.63, 3.8) is 0 Å². The molecule has 0 unspecified atom stereocenters. The van der Waals surface area contributed by atoms with Crippen LogP contribution in [-0.2, 0) is 76.8 Å². The second kappa shape index (κ2) is 45.5. The Labute approximate surface area is 578 Å². The van der Waals surface area contributed by atoms with Crippen LogP contribution in [0.2, 0.25) is 0 Å². The molecule has 3 aromatic rings. The largest absolute Gasteiger partial charge is 0.508 e. The van der Waals surface area contributed by atoms with E-state index in [-0.39, 0.29) is 69.5 Å². The van der Waals surface area contributed by atoms with E-state index in [0.29, 0.717) is 94.4 Å². The second-order valence-electron chi connectivity index (χ2n) is 25.9. The van der Waals surface area contributed by atoms with Gasteiger partial charge in [0, 0.05) is 44.0 Å². The molecule has 0 saturated heterocycles. The number of carbonyl (C=O) groups excluding carboxylic acids is 11. The van der Waals surface area contributed by atoms with Gasteiger partial charge in [-0.2, -0.15) is 0 Å². The van der Waals surface area contributed by atoms with Crippen molar-refractivity contribution in [2.75, 3.05) is 26.2 Å². The van der Waals surface area contributed by atoms with Gasteiger partial charge in [-0.25, -0.2) is 9.78 Å². The number of rotatable bonds is 49. The number of carbonyl (C=O) groups is 12. The van der Waals surface area contributed by atoms with E-state index in [1.54, 1.807) is 58.0 Å². The summed E-state index contributed by atoms with van der Waals surface area (Å²) in [7, 11) is 0. The topological polar surface area (TPSA) is 558 Å². The molecule has 11 amide bonds. The average molecular weight is 1390 g/mol. The molecule has 1 heterocycles. The van der Waals surface area contributed by atoms with Crippen LogP contribution in [0.5, 0.6) is 5.75 Å². The Kier molecular flexibility index (Phi) is 38.6. The van der Waals surface area contributed by atoms with E-state index in [0.717, 1.165) is 6.42 Å². The number of aromatic nitrogens is 2. The number of carboxylic acids is 1. The third-order valence-electron chi connectivity index (χ3n) is 16.5. The minimum Gasteiger partial charge on any atom is -0.508 e. The summed E-state index contributed by atoms with van der Waals surface area (Å²) in [5.74, 6) is -10.7. The van der Waals surface area contributed by atoms with Crippen LogP contribution in [0.3, 0.4) is 0 Å². The molecule has 30 N–H and O–H groups in total. The quantitative estimate of drug-likeness (QED) is 0.0234. The van der Waals surface area contributed by atoms with Crippen molar-refractivity contribution in [3.8, 4) is 5.75 Å². The lowest BCUT2D eigenvalue weighted by Gasteiger charge is -2.29. The predicted octanol–water partition coefficient (Wildman–Crippen LogP) is -5.68. The van der Waals surface area contributed by atoms with Crippen molar-refractivity contribution in [2.45, 2.75) is 217 Å². The van der Waals surface area contributed by atoms with Gasteiger partial charge in [-0.05, 0) is 125 Å². The number of nitrogens with one attached hydrogen (secondary N) is 11. The number of primary amides is 1. The van der Waals surface area contributed by atoms with Gasteiger partial charge in [-0.1, -0.05) is 70.2 Å². The van der Waals surface area contributed by atoms with Crippen LogP contribution in [0, 0.1) is 11.8 Å². The molecular weight excluding hydrogens is 1280 g/mol. The van der Waals surface area contributed by atoms with E-state index >= 15 is 0 Å². The van der Waals surface area contributed by atoms with Crippen molar-refractivity contribution in [1.29, 1.82) is 0 Å². The van der Waals surface area contributed by atoms with Crippen LogP contribution in [0.25, 0.3) is 0 Å². The first-order chi connectivity index (χ1) is 47.1. The summed E-state index contributed by atoms with van der Waals surface area (Å²) in [5, 5.41) is 46.9. The highest BCUT2D eigenvalue weighted by atomic mass is 16.4. The van der Waals surface area contributed by atoms with Crippen molar-refractivity contribution >= 4 is 70.9 Å². The number of hydrogen-bond donors (Lipinski definition) is 19. The monoisotopic (exact) mass is 1390 g/mol. The van der Waals surface area contributed by atoms with Crippen LogP contribution < -0.4 is 87.6 Å². The van der Waals surface area contributed by atoms with E-state index in [9.17, 15) is 67.7 Å². The SMILES string of the molecule is CC(C)C[C@H](NC(=O)[C@H](C)NC(=O)[C@H](Cc1cnc[nH]1)NC(=O)[C@@H](NC(=O)[C@H](CCCC[NH3+])NC(=O)[C@H](CCC(N)=O)NC(=O)[C@H](CCCC[NH3+])NC(=O)[C@@H]([NH3+])CCCC[NH3+])C(C)C)C(=O)N[C@@H](Cc1ccccc1)C(=O)N[C@@H](Cc1ccc(O)cc1)C(=O)N[C@@H](CCCC[NH3+])C(=O)O. The molecule has 99 heavy (non-hydrogen) atoms. The average Bonchev–Trinajstić information content (AvgIpc) is 1.32. The van der Waals surface area contributed by atoms with Crippen LogP contribution in [0.4, 0.5) is 0 Å². The third kappa shape index (κ3) is 32.0. The highest BCUT2D eigenvalue weighted by molar-refractivity contribution is 5.99. The number of aromatic amines is 1. The molecule has 0 radical (unpaired) electrons. The lowest BCUT2D eigenvalue weighted by atomic mass is 9.99. The number of phenolic OH excluding ortho intramolecular Hbond substituents is 1. The van der Waals surface area contributed by atoms with Gasteiger partial charge < -0.3 is 103 Å². The molecule has 2 aromatic carbocycles.